The quantitative estimate of drug-likeness (QED) is 0.223. The third-order valence-corrected chi connectivity index (χ3v) is 4.45. The molecular weight excluding hydrogens is 499 g/mol. The first-order valence-electron chi connectivity index (χ1n) is 7.10. The number of halogens is 17. The topological polar surface area (TPSA) is 0 Å². The standard InChI is InChI=1S/C12H9F17S/c1-2-30-4-3-5(13,14)6(15,16)7(17,18)8(19,20)9(21,22)10(23,24)11(25,26)12(27,28)29/h2-4H2,1H3. The normalized spacial score (nSPS) is 16.2. The highest BCUT2D eigenvalue weighted by atomic mass is 32.2. The van der Waals surface area contributed by atoms with E-state index in [4.69, 9.17) is 0 Å². The van der Waals surface area contributed by atoms with Crippen molar-refractivity contribution in [3.8, 4) is 0 Å². The minimum Gasteiger partial charge on any atom is -0.200 e. The van der Waals surface area contributed by atoms with Crippen molar-refractivity contribution in [1.29, 1.82) is 0 Å². The van der Waals surface area contributed by atoms with Gasteiger partial charge in [0.1, 0.15) is 0 Å². The monoisotopic (exact) mass is 508 g/mol. The van der Waals surface area contributed by atoms with Crippen LogP contribution in [0.25, 0.3) is 0 Å². The molecule has 0 aliphatic rings. The molecule has 0 amide bonds. The van der Waals surface area contributed by atoms with Gasteiger partial charge in [-0.1, -0.05) is 6.92 Å². The molecule has 0 unspecified atom stereocenters. The average Bonchev–Trinajstić information content (AvgIpc) is 2.52. The molecule has 0 saturated carbocycles. The van der Waals surface area contributed by atoms with Crippen molar-refractivity contribution < 1.29 is 74.6 Å². The Hall–Kier alpha value is -0.840. The van der Waals surface area contributed by atoms with Crippen molar-refractivity contribution in [2.24, 2.45) is 0 Å². The molecule has 182 valence electrons. The molecular formula is C12H9F17S. The van der Waals surface area contributed by atoms with Gasteiger partial charge in [0, 0.05) is 6.42 Å². The van der Waals surface area contributed by atoms with E-state index < -0.39 is 59.8 Å². The number of thioether (sulfide) groups is 1. The molecule has 0 saturated heterocycles. The van der Waals surface area contributed by atoms with Crippen molar-refractivity contribution in [3.05, 3.63) is 0 Å². The largest absolute Gasteiger partial charge is 0.460 e. The van der Waals surface area contributed by atoms with Crippen molar-refractivity contribution in [2.75, 3.05) is 11.5 Å². The third kappa shape index (κ3) is 4.00. The first-order valence-corrected chi connectivity index (χ1v) is 8.26. The Labute approximate surface area is 160 Å². The van der Waals surface area contributed by atoms with Crippen LogP contribution in [0.5, 0.6) is 0 Å². The minimum atomic E-state index is -8.57. The summed E-state index contributed by atoms with van der Waals surface area (Å²) in [7, 11) is 0. The third-order valence-electron chi connectivity index (χ3n) is 3.55. The highest BCUT2D eigenvalue weighted by molar-refractivity contribution is 7.99. The van der Waals surface area contributed by atoms with E-state index in [-0.39, 0.29) is 5.75 Å². The van der Waals surface area contributed by atoms with Gasteiger partial charge in [0.15, 0.2) is 0 Å². The van der Waals surface area contributed by atoms with Crippen LogP contribution >= 0.6 is 11.8 Å². The molecule has 0 aromatic rings. The molecule has 0 N–H and O–H groups in total. The molecule has 0 atom stereocenters. The lowest BCUT2D eigenvalue weighted by Gasteiger charge is -2.42. The van der Waals surface area contributed by atoms with Crippen molar-refractivity contribution in [3.63, 3.8) is 0 Å². The van der Waals surface area contributed by atoms with E-state index in [2.05, 4.69) is 0 Å². The van der Waals surface area contributed by atoms with Crippen LogP contribution in [0, 0.1) is 0 Å². The second-order valence-electron chi connectivity index (χ2n) is 5.60. The van der Waals surface area contributed by atoms with E-state index in [1.165, 1.54) is 6.92 Å². The Morgan fingerprint density at radius 3 is 1.07 bits per heavy atom. The molecule has 0 aromatic carbocycles. The molecule has 0 aliphatic carbocycles. The lowest BCUT2D eigenvalue weighted by Crippen LogP contribution is -2.74. The summed E-state index contributed by atoms with van der Waals surface area (Å²) in [5, 5.41) is 0. The minimum absolute atomic E-state index is 0.106. The molecule has 0 rings (SSSR count). The van der Waals surface area contributed by atoms with Gasteiger partial charge in [-0.3, -0.25) is 0 Å². The van der Waals surface area contributed by atoms with Gasteiger partial charge in [-0.2, -0.15) is 86.4 Å². The van der Waals surface area contributed by atoms with Gasteiger partial charge in [-0.25, -0.2) is 0 Å². The van der Waals surface area contributed by atoms with Crippen LogP contribution in [0.1, 0.15) is 13.3 Å². The Morgan fingerprint density at radius 2 is 0.767 bits per heavy atom. The van der Waals surface area contributed by atoms with Crippen molar-refractivity contribution in [2.45, 2.75) is 61.0 Å². The maximum Gasteiger partial charge on any atom is 0.460 e. The summed E-state index contributed by atoms with van der Waals surface area (Å²) in [6.45, 7) is 1.23. The van der Waals surface area contributed by atoms with Crippen molar-refractivity contribution in [1.82, 2.24) is 0 Å². The highest BCUT2D eigenvalue weighted by Crippen LogP contribution is 2.64. The van der Waals surface area contributed by atoms with E-state index >= 15 is 0 Å². The summed E-state index contributed by atoms with van der Waals surface area (Å²) in [4.78, 5) is 0. The first kappa shape index (κ1) is 29.2. The molecule has 0 bridgehead atoms. The fourth-order valence-corrected chi connectivity index (χ4v) is 2.39. The van der Waals surface area contributed by atoms with E-state index in [1.54, 1.807) is 0 Å². The van der Waals surface area contributed by atoms with Gasteiger partial charge >= 0.3 is 47.6 Å². The number of hydrogen-bond acceptors (Lipinski definition) is 1. The van der Waals surface area contributed by atoms with Crippen LogP contribution in [-0.2, 0) is 0 Å². The average molecular weight is 508 g/mol. The second-order valence-corrected chi connectivity index (χ2v) is 6.99. The van der Waals surface area contributed by atoms with Gasteiger partial charge in [-0.15, -0.1) is 0 Å². The molecule has 0 nitrogen and oxygen atoms in total. The van der Waals surface area contributed by atoms with Gasteiger partial charge < -0.3 is 0 Å². The van der Waals surface area contributed by atoms with Crippen LogP contribution in [-0.4, -0.2) is 59.1 Å². The maximum atomic E-state index is 13.4. The Kier molecular flexibility index (Phi) is 7.71. The van der Waals surface area contributed by atoms with Crippen LogP contribution < -0.4 is 0 Å². The molecule has 0 aromatic heterocycles. The summed E-state index contributed by atoms with van der Waals surface area (Å²) < 4.78 is 220. The summed E-state index contributed by atoms with van der Waals surface area (Å²) >= 11 is 0.347. The fraction of sp³-hybridized carbons (Fsp3) is 1.00. The van der Waals surface area contributed by atoms with Crippen LogP contribution in [0.15, 0.2) is 0 Å². The van der Waals surface area contributed by atoms with Crippen molar-refractivity contribution >= 4 is 11.8 Å². The predicted octanol–water partition coefficient (Wildman–Crippen LogP) is 7.14. The van der Waals surface area contributed by atoms with Crippen LogP contribution in [0.2, 0.25) is 0 Å². The van der Waals surface area contributed by atoms with Gasteiger partial charge in [0.2, 0.25) is 0 Å². The van der Waals surface area contributed by atoms with Crippen LogP contribution in [0.4, 0.5) is 74.6 Å². The zero-order valence-corrected chi connectivity index (χ0v) is 14.8. The molecule has 0 spiro atoms. The molecule has 30 heavy (non-hydrogen) atoms. The summed E-state index contributed by atoms with van der Waals surface area (Å²) in [5.41, 5.74) is 0. The predicted molar refractivity (Wildman–Crippen MR) is 68.3 cm³/mol. The summed E-state index contributed by atoms with van der Waals surface area (Å²) in [5.74, 6) is -57.0. The van der Waals surface area contributed by atoms with E-state index in [0.29, 0.717) is 11.8 Å². The zero-order valence-electron chi connectivity index (χ0n) is 14.0. The first-order chi connectivity index (χ1) is 12.8. The smallest absolute Gasteiger partial charge is 0.200 e. The molecule has 0 fully saturated rings. The maximum absolute atomic E-state index is 13.4. The summed E-state index contributed by atoms with van der Waals surface area (Å²) in [6, 6.07) is 0. The molecule has 0 heterocycles. The highest BCUT2D eigenvalue weighted by Gasteiger charge is 2.95. The van der Waals surface area contributed by atoms with Gasteiger partial charge in [0.25, 0.3) is 0 Å². The summed E-state index contributed by atoms with van der Waals surface area (Å²) in [6.07, 6.45) is -10.1. The fourth-order valence-electron chi connectivity index (χ4n) is 1.70. The molecule has 0 radical (unpaired) electrons. The Balaban J connectivity index is 6.48. The molecule has 0 aliphatic heterocycles. The van der Waals surface area contributed by atoms with Gasteiger partial charge in [0.05, 0.1) is 0 Å². The van der Waals surface area contributed by atoms with E-state index in [9.17, 15) is 74.6 Å². The van der Waals surface area contributed by atoms with Crippen LogP contribution in [0.3, 0.4) is 0 Å². The Bertz CT molecular complexity index is 590. The van der Waals surface area contributed by atoms with Gasteiger partial charge in [-0.05, 0) is 11.5 Å². The zero-order chi connectivity index (χ0) is 24.8. The lowest BCUT2D eigenvalue weighted by molar-refractivity contribution is -0.461. The number of rotatable bonds is 10. The van der Waals surface area contributed by atoms with E-state index in [1.807, 2.05) is 0 Å². The second kappa shape index (κ2) is 7.94. The number of alkyl halides is 17. The Morgan fingerprint density at radius 1 is 0.467 bits per heavy atom. The van der Waals surface area contributed by atoms with E-state index in [0.717, 1.165) is 0 Å². The SMILES string of the molecule is CCSCCC(F)(F)C(F)(F)C(F)(F)C(F)(F)C(F)(F)C(F)(F)C(F)(F)C(F)(F)F. The number of hydrogen-bond donors (Lipinski definition) is 0. The molecule has 18 heteroatoms. The lowest BCUT2D eigenvalue weighted by atomic mass is 9.88.